The fraction of sp³-hybridized carbons (Fsp3) is 0. The minimum atomic E-state index is 1.05. The lowest BCUT2D eigenvalue weighted by Crippen LogP contribution is -1.91. The summed E-state index contributed by atoms with van der Waals surface area (Å²) in [6.07, 6.45) is 0. The van der Waals surface area contributed by atoms with Gasteiger partial charge in [-0.05, 0) is 40.6 Å². The Morgan fingerprint density at radius 2 is 1.18 bits per heavy atom. The molecule has 7 rings (SSSR count). The second kappa shape index (κ2) is 5.28. The second-order valence-electron chi connectivity index (χ2n) is 7.28. The van der Waals surface area contributed by atoms with Crippen molar-refractivity contribution >= 4 is 53.7 Å². The van der Waals surface area contributed by atoms with Crippen molar-refractivity contribution in [3.8, 4) is 33.5 Å². The number of fused-ring (bicyclic) bond motifs is 7. The van der Waals surface area contributed by atoms with Crippen LogP contribution < -0.4 is 0 Å². The standard InChI is InChI=1S/C25H13NS2/c1-2-6-15-10-18-17(9-14(15)5-1)20-12-27-25-23(20)21(13-28-25)19-11-16-7-3-4-8-22(16)26-24(18)19/h1-13H. The van der Waals surface area contributed by atoms with E-state index in [0.717, 1.165) is 11.2 Å². The Bertz CT molecular complexity index is 1450. The predicted molar refractivity (Wildman–Crippen MR) is 122 cm³/mol. The van der Waals surface area contributed by atoms with Crippen molar-refractivity contribution in [3.63, 3.8) is 0 Å². The van der Waals surface area contributed by atoms with Crippen molar-refractivity contribution in [3.05, 3.63) is 77.5 Å². The first-order chi connectivity index (χ1) is 13.9. The largest absolute Gasteiger partial charge is 0.247 e. The molecule has 0 bridgehead atoms. The van der Waals surface area contributed by atoms with Gasteiger partial charge in [0.1, 0.15) is 0 Å². The van der Waals surface area contributed by atoms with Gasteiger partial charge in [0.25, 0.3) is 0 Å². The van der Waals surface area contributed by atoms with E-state index in [9.17, 15) is 0 Å². The third kappa shape index (κ3) is 1.88. The summed E-state index contributed by atoms with van der Waals surface area (Å²) >= 11 is 3.70. The van der Waals surface area contributed by atoms with E-state index in [2.05, 4.69) is 77.5 Å². The summed E-state index contributed by atoms with van der Waals surface area (Å²) in [6.45, 7) is 0. The number of rotatable bonds is 0. The van der Waals surface area contributed by atoms with Crippen LogP contribution in [0.15, 0.2) is 77.5 Å². The van der Waals surface area contributed by atoms with Crippen molar-refractivity contribution < 1.29 is 0 Å². The van der Waals surface area contributed by atoms with Gasteiger partial charge >= 0.3 is 0 Å². The molecule has 0 amide bonds. The van der Waals surface area contributed by atoms with Gasteiger partial charge < -0.3 is 0 Å². The van der Waals surface area contributed by atoms with Crippen LogP contribution in [0.4, 0.5) is 0 Å². The van der Waals surface area contributed by atoms with Crippen LogP contribution in [0.25, 0.3) is 64.6 Å². The van der Waals surface area contributed by atoms with Crippen molar-refractivity contribution in [2.45, 2.75) is 0 Å². The molecular formula is C25H13NS2. The van der Waals surface area contributed by atoms with E-state index in [0.29, 0.717) is 0 Å². The number of para-hydroxylation sites is 1. The molecule has 0 fully saturated rings. The van der Waals surface area contributed by atoms with Crippen LogP contribution in [0.5, 0.6) is 0 Å². The molecule has 28 heavy (non-hydrogen) atoms. The summed E-state index contributed by atoms with van der Waals surface area (Å²) in [5.41, 5.74) is 8.60. The molecule has 1 aliphatic carbocycles. The highest BCUT2D eigenvalue weighted by atomic mass is 32.2. The Hall–Kier alpha value is -3.01. The SMILES string of the molecule is c1ccc2cc3c(cc2c1)-c1nc2ccccc2cc1-c1csc2scc-3c12. The molecule has 0 saturated carbocycles. The maximum absolute atomic E-state index is 5.16. The zero-order valence-electron chi connectivity index (χ0n) is 14.8. The van der Waals surface area contributed by atoms with Gasteiger partial charge in [0.15, 0.2) is 0 Å². The summed E-state index contributed by atoms with van der Waals surface area (Å²) in [5, 5.41) is 9.76. The average Bonchev–Trinajstić information content (AvgIpc) is 3.31. The van der Waals surface area contributed by atoms with Crippen LogP contribution >= 0.6 is 22.7 Å². The molecule has 1 nitrogen and oxygen atoms in total. The van der Waals surface area contributed by atoms with Gasteiger partial charge in [-0.1, -0.05) is 42.5 Å². The van der Waals surface area contributed by atoms with E-state index in [1.54, 1.807) is 0 Å². The highest BCUT2D eigenvalue weighted by Gasteiger charge is 2.25. The normalized spacial score (nSPS) is 12.3. The molecule has 3 aromatic carbocycles. The molecule has 3 heteroatoms. The first-order valence-electron chi connectivity index (χ1n) is 9.29. The lowest BCUT2D eigenvalue weighted by atomic mass is 9.94. The zero-order valence-corrected chi connectivity index (χ0v) is 16.4. The van der Waals surface area contributed by atoms with E-state index in [4.69, 9.17) is 4.98 Å². The quantitative estimate of drug-likeness (QED) is 0.255. The molecule has 130 valence electrons. The monoisotopic (exact) mass is 391 g/mol. The van der Waals surface area contributed by atoms with E-state index in [-0.39, 0.29) is 0 Å². The summed E-state index contributed by atoms with van der Waals surface area (Å²) in [7, 11) is 0. The maximum atomic E-state index is 5.16. The van der Waals surface area contributed by atoms with E-state index < -0.39 is 0 Å². The first-order valence-corrected chi connectivity index (χ1v) is 11.1. The summed E-state index contributed by atoms with van der Waals surface area (Å²) < 4.78 is 1.39. The third-order valence-electron chi connectivity index (χ3n) is 5.76. The molecule has 0 atom stereocenters. The smallest absolute Gasteiger partial charge is 0.0877 e. The lowest BCUT2D eigenvalue weighted by molar-refractivity contribution is 1.41. The van der Waals surface area contributed by atoms with E-state index >= 15 is 0 Å². The molecule has 3 heterocycles. The molecule has 3 aromatic heterocycles. The van der Waals surface area contributed by atoms with Gasteiger partial charge in [0.2, 0.25) is 0 Å². The molecular weight excluding hydrogens is 378 g/mol. The van der Waals surface area contributed by atoms with Crippen LogP contribution in [0, 0.1) is 0 Å². The van der Waals surface area contributed by atoms with Crippen molar-refractivity contribution in [2.75, 3.05) is 0 Å². The third-order valence-corrected chi connectivity index (χ3v) is 7.88. The van der Waals surface area contributed by atoms with Crippen LogP contribution in [-0.4, -0.2) is 4.98 Å². The van der Waals surface area contributed by atoms with Crippen LogP contribution in [0.3, 0.4) is 0 Å². The van der Waals surface area contributed by atoms with Crippen molar-refractivity contribution in [1.82, 2.24) is 4.98 Å². The van der Waals surface area contributed by atoms with Gasteiger partial charge in [-0.25, -0.2) is 4.98 Å². The fourth-order valence-corrected chi connectivity index (χ4v) is 6.56. The predicted octanol–water partition coefficient (Wildman–Crippen LogP) is 7.98. The Morgan fingerprint density at radius 3 is 1.96 bits per heavy atom. The fourth-order valence-electron chi connectivity index (χ4n) is 4.44. The maximum Gasteiger partial charge on any atom is 0.0877 e. The van der Waals surface area contributed by atoms with Crippen molar-refractivity contribution in [2.24, 2.45) is 0 Å². The van der Waals surface area contributed by atoms with Crippen LogP contribution in [0.2, 0.25) is 0 Å². The highest BCUT2D eigenvalue weighted by Crippen LogP contribution is 2.52. The molecule has 0 aliphatic heterocycles. The summed E-state index contributed by atoms with van der Waals surface area (Å²) in [4.78, 5) is 5.16. The Kier molecular flexibility index (Phi) is 2.83. The summed E-state index contributed by atoms with van der Waals surface area (Å²) in [5.74, 6) is 0. The minimum Gasteiger partial charge on any atom is -0.247 e. The average molecular weight is 392 g/mol. The number of aromatic nitrogens is 1. The van der Waals surface area contributed by atoms with Crippen LogP contribution in [0.1, 0.15) is 0 Å². The topological polar surface area (TPSA) is 12.9 Å². The molecule has 0 saturated heterocycles. The van der Waals surface area contributed by atoms with Gasteiger partial charge in [0, 0.05) is 43.8 Å². The molecule has 0 radical (unpaired) electrons. The van der Waals surface area contributed by atoms with Gasteiger partial charge in [0.05, 0.1) is 15.2 Å². The van der Waals surface area contributed by atoms with E-state index in [1.807, 2.05) is 22.7 Å². The minimum absolute atomic E-state index is 1.05. The number of thiophene rings is 2. The lowest BCUT2D eigenvalue weighted by Gasteiger charge is -2.12. The Balaban J connectivity index is 1.74. The number of hydrogen-bond acceptors (Lipinski definition) is 3. The van der Waals surface area contributed by atoms with Gasteiger partial charge in [-0.2, -0.15) is 0 Å². The number of nitrogens with zero attached hydrogens (tertiary/aromatic N) is 1. The van der Waals surface area contributed by atoms with Crippen LogP contribution in [-0.2, 0) is 0 Å². The molecule has 1 aliphatic rings. The molecule has 0 unspecified atom stereocenters. The van der Waals surface area contributed by atoms with Gasteiger partial charge in [-0.15, -0.1) is 22.7 Å². The zero-order chi connectivity index (χ0) is 18.2. The highest BCUT2D eigenvalue weighted by molar-refractivity contribution is 7.37. The first kappa shape index (κ1) is 15.0. The van der Waals surface area contributed by atoms with Crippen molar-refractivity contribution in [1.29, 1.82) is 0 Å². The van der Waals surface area contributed by atoms with E-state index in [1.165, 1.54) is 53.4 Å². The number of benzene rings is 3. The molecule has 0 spiro atoms. The second-order valence-corrected chi connectivity index (χ2v) is 9.30. The Morgan fingerprint density at radius 1 is 0.571 bits per heavy atom. The molecule has 6 aromatic rings. The van der Waals surface area contributed by atoms with Gasteiger partial charge in [-0.3, -0.25) is 0 Å². The number of hydrogen-bond donors (Lipinski definition) is 0. The summed E-state index contributed by atoms with van der Waals surface area (Å²) in [6, 6.07) is 24.0. The number of pyridine rings is 1. The molecule has 0 N–H and O–H groups in total. The Labute approximate surface area is 169 Å².